The minimum Gasteiger partial charge on any atom is -0.452 e. The summed E-state index contributed by atoms with van der Waals surface area (Å²) in [5, 5.41) is 2.82. The lowest BCUT2D eigenvalue weighted by Crippen LogP contribution is -2.35. The van der Waals surface area contributed by atoms with E-state index in [4.69, 9.17) is 4.74 Å². The summed E-state index contributed by atoms with van der Waals surface area (Å²) in [7, 11) is 0. The number of carbonyl (C=O) groups is 2. The van der Waals surface area contributed by atoms with Crippen LogP contribution in [-0.4, -0.2) is 29.1 Å². The lowest BCUT2D eigenvalue weighted by Gasteiger charge is -2.13. The fraction of sp³-hybridized carbons (Fsp3) is 0.400. The number of para-hydroxylation sites is 1. The smallest absolute Gasteiger partial charge is 0.340 e. The van der Waals surface area contributed by atoms with E-state index < -0.39 is 5.97 Å². The van der Waals surface area contributed by atoms with Crippen LogP contribution >= 0.6 is 0 Å². The second kappa shape index (κ2) is 8.51. The summed E-state index contributed by atoms with van der Waals surface area (Å²) in [5.74, 6) is -0.750. The molecule has 0 radical (unpaired) electrons. The first kappa shape index (κ1) is 18.8. The first-order valence-corrected chi connectivity index (χ1v) is 8.64. The molecule has 2 aromatic rings. The Morgan fingerprint density at radius 2 is 1.88 bits per heavy atom. The molecule has 5 heteroatoms. The summed E-state index contributed by atoms with van der Waals surface area (Å²) in [4.78, 5) is 24.2. The van der Waals surface area contributed by atoms with Gasteiger partial charge in [-0.2, -0.15) is 0 Å². The van der Waals surface area contributed by atoms with E-state index in [0.29, 0.717) is 5.56 Å². The van der Waals surface area contributed by atoms with Gasteiger partial charge in [0.1, 0.15) is 0 Å². The Morgan fingerprint density at radius 1 is 1.20 bits per heavy atom. The summed E-state index contributed by atoms with van der Waals surface area (Å²) in [6, 6.07) is 11.7. The van der Waals surface area contributed by atoms with Crippen LogP contribution in [0.2, 0.25) is 0 Å². The first-order chi connectivity index (χ1) is 11.9. The number of aromatic nitrogens is 1. The van der Waals surface area contributed by atoms with E-state index in [1.165, 1.54) is 0 Å². The third-order valence-electron chi connectivity index (χ3n) is 4.13. The van der Waals surface area contributed by atoms with E-state index in [2.05, 4.69) is 12.2 Å². The zero-order valence-electron chi connectivity index (χ0n) is 15.3. The summed E-state index contributed by atoms with van der Waals surface area (Å²) >= 11 is 0. The van der Waals surface area contributed by atoms with E-state index in [0.717, 1.165) is 29.9 Å². The van der Waals surface area contributed by atoms with Crippen molar-refractivity contribution in [3.8, 4) is 5.69 Å². The van der Waals surface area contributed by atoms with Gasteiger partial charge >= 0.3 is 5.97 Å². The summed E-state index contributed by atoms with van der Waals surface area (Å²) in [6.07, 6.45) is 1.89. The average molecular weight is 342 g/mol. The van der Waals surface area contributed by atoms with Crippen molar-refractivity contribution in [2.75, 3.05) is 6.61 Å². The number of hydrogen-bond acceptors (Lipinski definition) is 3. The van der Waals surface area contributed by atoms with Crippen LogP contribution in [0.1, 0.15) is 48.4 Å². The zero-order chi connectivity index (χ0) is 18.4. The van der Waals surface area contributed by atoms with Crippen LogP contribution in [0.25, 0.3) is 5.69 Å². The molecule has 1 heterocycles. The van der Waals surface area contributed by atoms with Gasteiger partial charge in [-0.1, -0.05) is 31.5 Å². The summed E-state index contributed by atoms with van der Waals surface area (Å²) in [5.41, 5.74) is 3.21. The van der Waals surface area contributed by atoms with Crippen LogP contribution in [-0.2, 0) is 9.53 Å². The van der Waals surface area contributed by atoms with Gasteiger partial charge in [-0.15, -0.1) is 0 Å². The fourth-order valence-electron chi connectivity index (χ4n) is 2.97. The number of nitrogens with zero attached hydrogens (tertiary/aromatic N) is 1. The molecule has 0 spiro atoms. The average Bonchev–Trinajstić information content (AvgIpc) is 2.88. The van der Waals surface area contributed by atoms with E-state index in [1.54, 1.807) is 6.07 Å². The van der Waals surface area contributed by atoms with Crippen LogP contribution in [0.5, 0.6) is 0 Å². The Morgan fingerprint density at radius 3 is 2.52 bits per heavy atom. The van der Waals surface area contributed by atoms with E-state index >= 15 is 0 Å². The van der Waals surface area contributed by atoms with Crippen molar-refractivity contribution in [1.29, 1.82) is 0 Å². The number of hydrogen-bond donors (Lipinski definition) is 1. The number of carbonyl (C=O) groups excluding carboxylic acids is 2. The zero-order valence-corrected chi connectivity index (χ0v) is 15.3. The number of aryl methyl sites for hydroxylation is 1. The van der Waals surface area contributed by atoms with E-state index in [1.807, 2.05) is 55.7 Å². The molecule has 0 aliphatic rings. The molecule has 0 fully saturated rings. The van der Waals surface area contributed by atoms with Gasteiger partial charge in [0.05, 0.1) is 5.56 Å². The molecule has 2 rings (SSSR count). The highest BCUT2D eigenvalue weighted by Crippen LogP contribution is 2.21. The lowest BCUT2D eigenvalue weighted by atomic mass is 10.2. The highest BCUT2D eigenvalue weighted by atomic mass is 16.5. The number of rotatable bonds is 7. The van der Waals surface area contributed by atoms with Crippen molar-refractivity contribution in [2.45, 2.75) is 46.6 Å². The second-order valence-corrected chi connectivity index (χ2v) is 6.29. The maximum Gasteiger partial charge on any atom is 0.340 e. The molecule has 1 N–H and O–H groups in total. The number of amides is 1. The molecule has 1 amide bonds. The second-order valence-electron chi connectivity index (χ2n) is 6.29. The van der Waals surface area contributed by atoms with Gasteiger partial charge in [-0.05, 0) is 45.4 Å². The molecule has 0 aliphatic heterocycles. The van der Waals surface area contributed by atoms with Crippen LogP contribution in [0.4, 0.5) is 0 Å². The van der Waals surface area contributed by atoms with Crippen molar-refractivity contribution in [3.05, 3.63) is 53.3 Å². The molecular formula is C20H26N2O3. The topological polar surface area (TPSA) is 60.3 Å². The van der Waals surface area contributed by atoms with Gasteiger partial charge in [0, 0.05) is 23.1 Å². The minimum atomic E-state index is -0.478. The standard InChI is InChI=1S/C20H26N2O3/c1-5-9-14(2)21-19(23)13-25-20(24)18-12-15(3)22(16(18)4)17-10-7-6-8-11-17/h6-8,10-12,14H,5,9,13H2,1-4H3,(H,21,23)/t14-/m1/s1. The molecular weight excluding hydrogens is 316 g/mol. The van der Waals surface area contributed by atoms with Crippen molar-refractivity contribution in [1.82, 2.24) is 9.88 Å². The molecule has 0 saturated heterocycles. The van der Waals surface area contributed by atoms with Gasteiger partial charge in [0.2, 0.25) is 0 Å². The SMILES string of the molecule is CCC[C@@H](C)NC(=O)COC(=O)c1cc(C)n(-c2ccccc2)c1C. The van der Waals surface area contributed by atoms with Crippen LogP contribution in [0.3, 0.4) is 0 Å². The highest BCUT2D eigenvalue weighted by Gasteiger charge is 2.19. The number of nitrogens with one attached hydrogen (secondary N) is 1. The Kier molecular flexibility index (Phi) is 6.39. The molecule has 0 saturated carbocycles. The van der Waals surface area contributed by atoms with E-state index in [-0.39, 0.29) is 18.6 Å². The number of esters is 1. The summed E-state index contributed by atoms with van der Waals surface area (Å²) < 4.78 is 7.19. The maximum atomic E-state index is 12.4. The molecule has 134 valence electrons. The monoisotopic (exact) mass is 342 g/mol. The third-order valence-corrected chi connectivity index (χ3v) is 4.13. The van der Waals surface area contributed by atoms with Crippen molar-refractivity contribution in [3.63, 3.8) is 0 Å². The minimum absolute atomic E-state index is 0.0827. The van der Waals surface area contributed by atoms with Crippen LogP contribution in [0.15, 0.2) is 36.4 Å². The molecule has 0 unspecified atom stereocenters. The molecule has 1 aromatic heterocycles. The Balaban J connectivity index is 2.05. The van der Waals surface area contributed by atoms with Gasteiger partial charge in [0.15, 0.2) is 6.61 Å². The molecule has 0 aliphatic carbocycles. The Labute approximate surface area is 149 Å². The van der Waals surface area contributed by atoms with Gasteiger partial charge in [-0.3, -0.25) is 4.79 Å². The van der Waals surface area contributed by atoms with Crippen LogP contribution < -0.4 is 5.32 Å². The van der Waals surface area contributed by atoms with Gasteiger partial charge < -0.3 is 14.6 Å². The largest absolute Gasteiger partial charge is 0.452 e. The number of ether oxygens (including phenoxy) is 1. The fourth-order valence-corrected chi connectivity index (χ4v) is 2.97. The Bertz CT molecular complexity index is 735. The van der Waals surface area contributed by atoms with Crippen molar-refractivity contribution >= 4 is 11.9 Å². The molecule has 1 aromatic carbocycles. The maximum absolute atomic E-state index is 12.4. The van der Waals surface area contributed by atoms with Gasteiger partial charge in [0.25, 0.3) is 5.91 Å². The number of benzene rings is 1. The van der Waals surface area contributed by atoms with E-state index in [9.17, 15) is 9.59 Å². The summed E-state index contributed by atoms with van der Waals surface area (Å²) in [6.45, 7) is 7.56. The van der Waals surface area contributed by atoms with Crippen molar-refractivity contribution in [2.24, 2.45) is 0 Å². The predicted molar refractivity (Wildman–Crippen MR) is 98.0 cm³/mol. The van der Waals surface area contributed by atoms with Crippen molar-refractivity contribution < 1.29 is 14.3 Å². The lowest BCUT2D eigenvalue weighted by molar-refractivity contribution is -0.124. The quantitative estimate of drug-likeness (QED) is 0.783. The predicted octanol–water partition coefficient (Wildman–Crippen LogP) is 3.56. The molecule has 0 bridgehead atoms. The highest BCUT2D eigenvalue weighted by molar-refractivity contribution is 5.93. The van der Waals surface area contributed by atoms with Crippen LogP contribution in [0, 0.1) is 13.8 Å². The third kappa shape index (κ3) is 4.72. The first-order valence-electron chi connectivity index (χ1n) is 8.64. The van der Waals surface area contributed by atoms with Gasteiger partial charge in [-0.25, -0.2) is 4.79 Å². The molecule has 5 nitrogen and oxygen atoms in total. The molecule has 1 atom stereocenters. The molecule has 25 heavy (non-hydrogen) atoms. The Hall–Kier alpha value is -2.56. The normalized spacial score (nSPS) is 11.8.